The molecule has 190 valence electrons. The number of anilines is 1. The van der Waals surface area contributed by atoms with Crippen molar-refractivity contribution in [2.75, 3.05) is 11.5 Å². The number of benzene rings is 3. The number of amides is 2. The smallest absolute Gasteiger partial charge is 0.270 e. The van der Waals surface area contributed by atoms with E-state index in [2.05, 4.69) is 5.32 Å². The van der Waals surface area contributed by atoms with E-state index in [1.165, 1.54) is 23.1 Å². The van der Waals surface area contributed by atoms with Crippen LogP contribution in [0.4, 0.5) is 10.1 Å². The average molecular weight is 539 g/mol. The summed E-state index contributed by atoms with van der Waals surface area (Å²) in [6, 6.07) is 16.5. The lowest BCUT2D eigenvalue weighted by molar-refractivity contribution is -0.122. The lowest BCUT2D eigenvalue weighted by Gasteiger charge is -2.29. The molecule has 0 atom stereocenters. The summed E-state index contributed by atoms with van der Waals surface area (Å²) in [5, 5.41) is 2.82. The maximum absolute atomic E-state index is 13.3. The van der Waals surface area contributed by atoms with Crippen LogP contribution < -0.4 is 19.7 Å². The number of ether oxygens (including phenoxy) is 2. The molecule has 0 spiro atoms. The maximum atomic E-state index is 13.3. The Morgan fingerprint density at radius 3 is 2.32 bits per heavy atom. The van der Waals surface area contributed by atoms with Crippen molar-refractivity contribution >= 4 is 52.5 Å². The fourth-order valence-corrected chi connectivity index (χ4v) is 4.30. The third kappa shape index (κ3) is 5.98. The zero-order chi connectivity index (χ0) is 26.5. The average Bonchev–Trinajstić information content (AvgIpc) is 2.87. The first-order chi connectivity index (χ1) is 17.8. The molecule has 1 N–H and O–H groups in total. The minimum absolute atomic E-state index is 0.00831. The number of rotatable bonds is 8. The van der Waals surface area contributed by atoms with Crippen molar-refractivity contribution in [1.82, 2.24) is 5.32 Å². The molecule has 0 bridgehead atoms. The Hall–Kier alpha value is -3.75. The van der Waals surface area contributed by atoms with Crippen LogP contribution in [0.15, 0.2) is 66.2 Å². The van der Waals surface area contributed by atoms with E-state index in [0.717, 1.165) is 17.5 Å². The van der Waals surface area contributed by atoms with Crippen molar-refractivity contribution in [2.45, 2.75) is 26.9 Å². The van der Waals surface area contributed by atoms with Crippen LogP contribution in [0.2, 0.25) is 5.02 Å². The fourth-order valence-electron chi connectivity index (χ4n) is 3.75. The third-order valence-corrected chi connectivity index (χ3v) is 6.21. The van der Waals surface area contributed by atoms with Gasteiger partial charge in [0.1, 0.15) is 18.0 Å². The summed E-state index contributed by atoms with van der Waals surface area (Å²) in [6.07, 6.45) is 2.29. The number of nitrogens with one attached hydrogen (secondary N) is 1. The summed E-state index contributed by atoms with van der Waals surface area (Å²) in [7, 11) is 0. The van der Waals surface area contributed by atoms with E-state index in [4.69, 9.17) is 33.3 Å². The number of aryl methyl sites for hydroxylation is 1. The standard InChI is InChI=1S/C28H24ClFN2O4S/c1-3-17-7-11-21(12-8-17)32-27(34)22(26(33)31-28(32)37)13-19-14-23(29)25(24(15-19)35-4-2)36-16-18-5-9-20(30)10-6-18/h5-15H,3-4,16H2,1-2H3,(H,31,33,37)/b22-13+. The molecule has 6 nitrogen and oxygen atoms in total. The van der Waals surface area contributed by atoms with Gasteiger partial charge in [-0.3, -0.25) is 19.8 Å². The number of carbonyl (C=O) groups is 2. The number of halogens is 2. The van der Waals surface area contributed by atoms with Gasteiger partial charge in [0.15, 0.2) is 16.6 Å². The highest BCUT2D eigenvalue weighted by molar-refractivity contribution is 7.80. The number of nitrogens with zero attached hydrogens (tertiary/aromatic N) is 1. The number of hydrogen-bond donors (Lipinski definition) is 1. The molecule has 4 rings (SSSR count). The van der Waals surface area contributed by atoms with E-state index in [0.29, 0.717) is 29.4 Å². The SMILES string of the molecule is CCOc1cc(/C=C2\C(=O)NC(=S)N(c3ccc(CC)cc3)C2=O)cc(Cl)c1OCc1ccc(F)cc1. The Morgan fingerprint density at radius 2 is 1.68 bits per heavy atom. The van der Waals surface area contributed by atoms with Gasteiger partial charge in [-0.15, -0.1) is 0 Å². The van der Waals surface area contributed by atoms with E-state index in [1.807, 2.05) is 26.0 Å². The van der Waals surface area contributed by atoms with Gasteiger partial charge in [-0.25, -0.2) is 4.39 Å². The molecule has 37 heavy (non-hydrogen) atoms. The largest absolute Gasteiger partial charge is 0.490 e. The predicted octanol–water partition coefficient (Wildman–Crippen LogP) is 5.85. The third-order valence-electron chi connectivity index (χ3n) is 5.64. The molecule has 9 heteroatoms. The number of hydrogen-bond acceptors (Lipinski definition) is 5. The van der Waals surface area contributed by atoms with E-state index in [1.54, 1.807) is 36.4 Å². The van der Waals surface area contributed by atoms with Crippen LogP contribution in [0.3, 0.4) is 0 Å². The Kier molecular flexibility index (Phi) is 8.21. The molecule has 0 unspecified atom stereocenters. The van der Waals surface area contributed by atoms with E-state index < -0.39 is 11.8 Å². The van der Waals surface area contributed by atoms with Gasteiger partial charge in [0.05, 0.1) is 17.3 Å². The topological polar surface area (TPSA) is 67.9 Å². The first kappa shape index (κ1) is 26.3. The van der Waals surface area contributed by atoms with Crippen LogP contribution in [-0.4, -0.2) is 23.5 Å². The van der Waals surface area contributed by atoms with Gasteiger partial charge in [-0.2, -0.15) is 0 Å². The summed E-state index contributed by atoms with van der Waals surface area (Å²) in [4.78, 5) is 27.3. The van der Waals surface area contributed by atoms with Gasteiger partial charge in [-0.1, -0.05) is 42.8 Å². The van der Waals surface area contributed by atoms with Gasteiger partial charge < -0.3 is 9.47 Å². The molecule has 0 saturated carbocycles. The van der Waals surface area contributed by atoms with Gasteiger partial charge in [0.25, 0.3) is 11.8 Å². The van der Waals surface area contributed by atoms with Crippen LogP contribution in [0.1, 0.15) is 30.5 Å². The molecule has 0 aliphatic carbocycles. The number of carbonyl (C=O) groups excluding carboxylic acids is 2. The van der Waals surface area contributed by atoms with Crippen molar-refractivity contribution in [3.05, 3.63) is 93.8 Å². The minimum atomic E-state index is -0.609. The molecule has 3 aromatic carbocycles. The van der Waals surface area contributed by atoms with Crippen molar-refractivity contribution in [3.63, 3.8) is 0 Å². The summed E-state index contributed by atoms with van der Waals surface area (Å²) in [5.41, 5.74) is 2.77. The highest BCUT2D eigenvalue weighted by Gasteiger charge is 2.34. The second-order valence-electron chi connectivity index (χ2n) is 8.16. The van der Waals surface area contributed by atoms with Crippen molar-refractivity contribution in [2.24, 2.45) is 0 Å². The number of thiocarbonyl (C=S) groups is 1. The van der Waals surface area contributed by atoms with Crippen LogP contribution >= 0.6 is 23.8 Å². The molecule has 1 aliphatic heterocycles. The Morgan fingerprint density at radius 1 is 1.00 bits per heavy atom. The quantitative estimate of drug-likeness (QED) is 0.221. The maximum Gasteiger partial charge on any atom is 0.270 e. The van der Waals surface area contributed by atoms with E-state index >= 15 is 0 Å². The zero-order valence-corrected chi connectivity index (χ0v) is 21.8. The van der Waals surface area contributed by atoms with E-state index in [9.17, 15) is 14.0 Å². The van der Waals surface area contributed by atoms with Crippen LogP contribution in [0, 0.1) is 5.82 Å². The lowest BCUT2D eigenvalue weighted by atomic mass is 10.1. The molecule has 0 radical (unpaired) electrons. The molecule has 1 saturated heterocycles. The molecule has 1 aliphatic rings. The minimum Gasteiger partial charge on any atom is -0.490 e. The van der Waals surface area contributed by atoms with Crippen LogP contribution in [0.25, 0.3) is 6.08 Å². The summed E-state index contributed by atoms with van der Waals surface area (Å²) in [6.45, 7) is 4.32. The second-order valence-corrected chi connectivity index (χ2v) is 8.95. The van der Waals surface area contributed by atoms with Gasteiger partial charge in [-0.05, 0) is 84.7 Å². The van der Waals surface area contributed by atoms with Gasteiger partial charge in [0.2, 0.25) is 0 Å². The van der Waals surface area contributed by atoms with Gasteiger partial charge in [0, 0.05) is 0 Å². The molecule has 2 amide bonds. The molecule has 1 fully saturated rings. The van der Waals surface area contributed by atoms with Crippen molar-refractivity contribution in [1.29, 1.82) is 0 Å². The second kappa shape index (κ2) is 11.5. The van der Waals surface area contributed by atoms with Crippen LogP contribution in [0.5, 0.6) is 11.5 Å². The highest BCUT2D eigenvalue weighted by atomic mass is 35.5. The van der Waals surface area contributed by atoms with Gasteiger partial charge >= 0.3 is 0 Å². The Balaban J connectivity index is 1.64. The summed E-state index contributed by atoms with van der Waals surface area (Å²) >= 11 is 11.8. The van der Waals surface area contributed by atoms with Crippen LogP contribution in [-0.2, 0) is 22.6 Å². The molecule has 0 aromatic heterocycles. The zero-order valence-electron chi connectivity index (χ0n) is 20.2. The normalized spacial score (nSPS) is 14.6. The van der Waals surface area contributed by atoms with E-state index in [-0.39, 0.29) is 28.1 Å². The first-order valence-corrected chi connectivity index (χ1v) is 12.4. The fraction of sp³-hybridized carbons (Fsp3) is 0.179. The molecular weight excluding hydrogens is 515 g/mol. The molecule has 3 aromatic rings. The monoisotopic (exact) mass is 538 g/mol. The highest BCUT2D eigenvalue weighted by Crippen LogP contribution is 2.38. The Labute approximate surface area is 224 Å². The van der Waals surface area contributed by atoms with Crippen molar-refractivity contribution < 1.29 is 23.5 Å². The Bertz CT molecular complexity index is 1370. The molecular formula is C28H24ClFN2O4S. The molecule has 1 heterocycles. The summed E-state index contributed by atoms with van der Waals surface area (Å²) < 4.78 is 24.8. The predicted molar refractivity (Wildman–Crippen MR) is 145 cm³/mol. The summed E-state index contributed by atoms with van der Waals surface area (Å²) in [5.74, 6) is -0.859. The van der Waals surface area contributed by atoms with Crippen molar-refractivity contribution in [3.8, 4) is 11.5 Å². The first-order valence-electron chi connectivity index (χ1n) is 11.6. The lowest BCUT2D eigenvalue weighted by Crippen LogP contribution is -2.54.